The molecule has 0 amide bonds. The average Bonchev–Trinajstić information content (AvgIpc) is 2.81. The Morgan fingerprint density at radius 3 is 2.94 bits per heavy atom. The van der Waals surface area contributed by atoms with Crippen molar-refractivity contribution in [1.29, 1.82) is 0 Å². The number of hydrogen-bond donors (Lipinski definition) is 1. The van der Waals surface area contributed by atoms with Crippen LogP contribution in [-0.2, 0) is 4.74 Å². The molecule has 2 atom stereocenters. The zero-order valence-corrected chi connectivity index (χ0v) is 11.2. The molecular formula is C14H27NO2. The predicted molar refractivity (Wildman–Crippen MR) is 69.1 cm³/mol. The molecule has 2 heterocycles. The van der Waals surface area contributed by atoms with Crippen molar-refractivity contribution < 1.29 is 9.84 Å². The van der Waals surface area contributed by atoms with Crippen molar-refractivity contribution in [2.45, 2.75) is 51.5 Å². The van der Waals surface area contributed by atoms with E-state index >= 15 is 0 Å². The van der Waals surface area contributed by atoms with Gasteiger partial charge in [-0.05, 0) is 32.2 Å². The van der Waals surface area contributed by atoms with E-state index in [9.17, 15) is 5.11 Å². The zero-order chi connectivity index (χ0) is 12.1. The molecule has 2 aliphatic heterocycles. The summed E-state index contributed by atoms with van der Waals surface area (Å²) in [7, 11) is 0. The van der Waals surface area contributed by atoms with Crippen molar-refractivity contribution in [1.82, 2.24) is 4.90 Å². The van der Waals surface area contributed by atoms with E-state index in [0.29, 0.717) is 0 Å². The van der Waals surface area contributed by atoms with Gasteiger partial charge >= 0.3 is 0 Å². The molecule has 0 radical (unpaired) electrons. The Balaban J connectivity index is 1.94. The van der Waals surface area contributed by atoms with Gasteiger partial charge in [0.25, 0.3) is 0 Å². The van der Waals surface area contributed by atoms with Gasteiger partial charge in [-0.25, -0.2) is 0 Å². The summed E-state index contributed by atoms with van der Waals surface area (Å²) >= 11 is 0. The molecule has 100 valence electrons. The molecule has 0 aromatic rings. The first kappa shape index (κ1) is 13.3. The molecular weight excluding hydrogens is 214 g/mol. The van der Waals surface area contributed by atoms with Crippen LogP contribution < -0.4 is 0 Å². The normalized spacial score (nSPS) is 35.3. The largest absolute Gasteiger partial charge is 0.396 e. The molecule has 0 aromatic heterocycles. The monoisotopic (exact) mass is 241 g/mol. The quantitative estimate of drug-likeness (QED) is 0.799. The van der Waals surface area contributed by atoms with Crippen molar-refractivity contribution in [3.8, 4) is 0 Å². The molecule has 0 spiro atoms. The highest BCUT2D eigenvalue weighted by Crippen LogP contribution is 2.32. The summed E-state index contributed by atoms with van der Waals surface area (Å²) in [6.45, 7) is 6.38. The molecule has 1 N–H and O–H groups in total. The fourth-order valence-electron chi connectivity index (χ4n) is 3.31. The molecule has 3 heteroatoms. The maximum absolute atomic E-state index is 9.66. The molecule has 17 heavy (non-hydrogen) atoms. The van der Waals surface area contributed by atoms with Gasteiger partial charge in [-0.3, -0.25) is 4.90 Å². The lowest BCUT2D eigenvalue weighted by molar-refractivity contribution is 0.0272. The number of rotatable bonds is 5. The lowest BCUT2D eigenvalue weighted by Crippen LogP contribution is -2.47. The second-order valence-corrected chi connectivity index (χ2v) is 5.87. The number of piperidine rings is 1. The van der Waals surface area contributed by atoms with Gasteiger partial charge in [0.2, 0.25) is 0 Å². The molecule has 2 saturated heterocycles. The second-order valence-electron chi connectivity index (χ2n) is 5.87. The van der Waals surface area contributed by atoms with Gasteiger partial charge < -0.3 is 9.84 Å². The van der Waals surface area contributed by atoms with Gasteiger partial charge in [0.05, 0.1) is 13.2 Å². The summed E-state index contributed by atoms with van der Waals surface area (Å²) in [6.07, 6.45) is 7.65. The van der Waals surface area contributed by atoms with E-state index in [-0.39, 0.29) is 12.0 Å². The fourth-order valence-corrected chi connectivity index (χ4v) is 3.31. The minimum atomic E-state index is 0.0311. The molecule has 3 nitrogen and oxygen atoms in total. The minimum absolute atomic E-state index is 0.0311. The van der Waals surface area contributed by atoms with E-state index in [1.165, 1.54) is 38.6 Å². The standard InChI is InChI=1S/C14H27NO2/c1-2-5-13-6-3-4-8-15(13)10-14(11-16)7-9-17-12-14/h13,16H,2-12H2,1H3. The van der Waals surface area contributed by atoms with Gasteiger partial charge in [0.15, 0.2) is 0 Å². The van der Waals surface area contributed by atoms with Crippen molar-refractivity contribution in [3.05, 3.63) is 0 Å². The van der Waals surface area contributed by atoms with Crippen molar-refractivity contribution in [3.63, 3.8) is 0 Å². The molecule has 0 aromatic carbocycles. The van der Waals surface area contributed by atoms with Crippen LogP contribution in [0.15, 0.2) is 0 Å². The number of aliphatic hydroxyl groups excluding tert-OH is 1. The van der Waals surface area contributed by atoms with E-state index in [2.05, 4.69) is 11.8 Å². The maximum atomic E-state index is 9.66. The van der Waals surface area contributed by atoms with Crippen LogP contribution in [0.5, 0.6) is 0 Å². The molecule has 2 unspecified atom stereocenters. The number of aliphatic hydroxyl groups is 1. The summed E-state index contributed by atoms with van der Waals surface area (Å²) in [5.74, 6) is 0. The Morgan fingerprint density at radius 1 is 1.41 bits per heavy atom. The Bertz CT molecular complexity index is 224. The van der Waals surface area contributed by atoms with E-state index < -0.39 is 0 Å². The first-order valence-corrected chi connectivity index (χ1v) is 7.22. The first-order chi connectivity index (χ1) is 8.29. The molecule has 0 aliphatic carbocycles. The lowest BCUT2D eigenvalue weighted by atomic mass is 9.85. The highest BCUT2D eigenvalue weighted by atomic mass is 16.5. The van der Waals surface area contributed by atoms with Crippen LogP contribution in [0.4, 0.5) is 0 Å². The van der Waals surface area contributed by atoms with Crippen molar-refractivity contribution >= 4 is 0 Å². The van der Waals surface area contributed by atoms with Gasteiger partial charge in [0, 0.05) is 24.6 Å². The molecule has 2 fully saturated rings. The van der Waals surface area contributed by atoms with Crippen LogP contribution >= 0.6 is 0 Å². The first-order valence-electron chi connectivity index (χ1n) is 7.22. The van der Waals surface area contributed by atoms with Crippen molar-refractivity contribution in [2.24, 2.45) is 5.41 Å². The molecule has 0 bridgehead atoms. The highest BCUT2D eigenvalue weighted by Gasteiger charge is 2.38. The van der Waals surface area contributed by atoms with Crippen molar-refractivity contribution in [2.75, 3.05) is 32.9 Å². The van der Waals surface area contributed by atoms with Gasteiger partial charge in [-0.2, -0.15) is 0 Å². The summed E-state index contributed by atoms with van der Waals surface area (Å²) in [5, 5.41) is 9.66. The SMILES string of the molecule is CCCC1CCCCN1CC1(CO)CCOC1. The van der Waals surface area contributed by atoms with E-state index in [4.69, 9.17) is 4.74 Å². The van der Waals surface area contributed by atoms with Crippen LogP contribution in [0.1, 0.15) is 45.4 Å². The minimum Gasteiger partial charge on any atom is -0.396 e. The number of ether oxygens (including phenoxy) is 1. The number of nitrogens with zero attached hydrogens (tertiary/aromatic N) is 1. The van der Waals surface area contributed by atoms with Crippen LogP contribution in [0.25, 0.3) is 0 Å². The Morgan fingerprint density at radius 2 is 2.29 bits per heavy atom. The Hall–Kier alpha value is -0.120. The molecule has 2 aliphatic rings. The van der Waals surface area contributed by atoms with E-state index in [0.717, 1.165) is 32.2 Å². The zero-order valence-electron chi connectivity index (χ0n) is 11.2. The Kier molecular flexibility index (Phi) is 4.83. The summed E-state index contributed by atoms with van der Waals surface area (Å²) in [6, 6.07) is 0.748. The van der Waals surface area contributed by atoms with E-state index in [1.807, 2.05) is 0 Å². The lowest BCUT2D eigenvalue weighted by Gasteiger charge is -2.40. The third-order valence-electron chi connectivity index (χ3n) is 4.43. The molecule has 2 rings (SSSR count). The topological polar surface area (TPSA) is 32.7 Å². The molecule has 0 saturated carbocycles. The Labute approximate surface area is 105 Å². The fraction of sp³-hybridized carbons (Fsp3) is 1.00. The van der Waals surface area contributed by atoms with Gasteiger partial charge in [0.1, 0.15) is 0 Å². The van der Waals surface area contributed by atoms with Crippen LogP contribution in [-0.4, -0.2) is 49.0 Å². The van der Waals surface area contributed by atoms with Gasteiger partial charge in [-0.15, -0.1) is 0 Å². The third kappa shape index (κ3) is 3.21. The highest BCUT2D eigenvalue weighted by molar-refractivity contribution is 4.89. The third-order valence-corrected chi connectivity index (χ3v) is 4.43. The van der Waals surface area contributed by atoms with Gasteiger partial charge in [-0.1, -0.05) is 19.8 Å². The second kappa shape index (κ2) is 6.17. The van der Waals surface area contributed by atoms with Crippen LogP contribution in [0.3, 0.4) is 0 Å². The number of hydrogen-bond acceptors (Lipinski definition) is 3. The summed E-state index contributed by atoms with van der Waals surface area (Å²) in [5.41, 5.74) is 0.0311. The summed E-state index contributed by atoms with van der Waals surface area (Å²) < 4.78 is 5.50. The number of likely N-dealkylation sites (tertiary alicyclic amines) is 1. The van der Waals surface area contributed by atoms with E-state index in [1.54, 1.807) is 0 Å². The predicted octanol–water partition coefficient (Wildman–Crippen LogP) is 2.04. The summed E-state index contributed by atoms with van der Waals surface area (Å²) in [4.78, 5) is 2.62. The van der Waals surface area contributed by atoms with Crippen LogP contribution in [0.2, 0.25) is 0 Å². The maximum Gasteiger partial charge on any atom is 0.0557 e. The van der Waals surface area contributed by atoms with Crippen LogP contribution in [0, 0.1) is 5.41 Å². The average molecular weight is 241 g/mol. The smallest absolute Gasteiger partial charge is 0.0557 e.